The van der Waals surface area contributed by atoms with Crippen LogP contribution in [0.15, 0.2) is 186 Å². The smallest absolute Gasteiger partial charge is 0.160 e. The lowest BCUT2D eigenvalue weighted by Crippen LogP contribution is -2.15. The molecule has 3 nitrogen and oxygen atoms in total. The number of hydrogen-bond donors (Lipinski definition) is 0. The van der Waals surface area contributed by atoms with Crippen LogP contribution in [0.1, 0.15) is 25.0 Å². The molecule has 4 heteroatoms. The minimum Gasteiger partial charge on any atom is -0.309 e. The first kappa shape index (κ1) is 34.2. The van der Waals surface area contributed by atoms with Crippen molar-refractivity contribution < 1.29 is 0 Å². The molecule has 0 fully saturated rings. The Morgan fingerprint density at radius 3 is 1.54 bits per heavy atom. The summed E-state index contributed by atoms with van der Waals surface area (Å²) in [6.07, 6.45) is 0. The lowest BCUT2D eigenvalue weighted by Gasteiger charge is -2.22. The molecule has 1 aliphatic rings. The van der Waals surface area contributed by atoms with Crippen LogP contribution in [0.4, 0.5) is 0 Å². The van der Waals surface area contributed by atoms with Crippen molar-refractivity contribution in [2.24, 2.45) is 0 Å². The van der Waals surface area contributed by atoms with E-state index in [9.17, 15) is 0 Å². The summed E-state index contributed by atoms with van der Waals surface area (Å²) in [4.78, 5) is 10.4. The maximum atomic E-state index is 5.19. The van der Waals surface area contributed by atoms with Crippen molar-refractivity contribution >= 4 is 70.1 Å². The van der Waals surface area contributed by atoms with E-state index in [2.05, 4.69) is 204 Å². The highest BCUT2D eigenvalue weighted by atomic mass is 79.9. The minimum atomic E-state index is -0.197. The van der Waals surface area contributed by atoms with Crippen LogP contribution in [0.25, 0.3) is 105 Å². The normalized spacial score (nSPS) is 13.1. The standard InChI is InChI=1S/C55H36BrN3/c1-55(2)48-29-43-41-23-12-10-21-39(41)38-20-9-11-22-40(38)42(43)28-44(48)45-31-53-47(30-49(45)55)46-27-36(56)24-25-52(46)59(53)37-19-13-18-35(26-37)54-57-50(33-14-5-3-6-15-33)32-51(58-54)34-16-7-4-8-17-34/h3-32H,1-2H3. The molecule has 0 amide bonds. The van der Waals surface area contributed by atoms with Gasteiger partial charge in [-0.3, -0.25) is 0 Å². The Kier molecular flexibility index (Phi) is 7.42. The molecule has 278 valence electrons. The zero-order chi connectivity index (χ0) is 39.4. The summed E-state index contributed by atoms with van der Waals surface area (Å²) in [7, 11) is 0. The van der Waals surface area contributed by atoms with E-state index in [-0.39, 0.29) is 5.41 Å². The average Bonchev–Trinajstić information content (AvgIpc) is 3.72. The average molecular weight is 819 g/mol. The highest BCUT2D eigenvalue weighted by Gasteiger charge is 2.37. The van der Waals surface area contributed by atoms with E-state index in [1.165, 1.54) is 70.9 Å². The maximum absolute atomic E-state index is 5.19. The molecule has 59 heavy (non-hydrogen) atoms. The Morgan fingerprint density at radius 2 is 0.915 bits per heavy atom. The number of halogens is 1. The predicted molar refractivity (Wildman–Crippen MR) is 250 cm³/mol. The van der Waals surface area contributed by atoms with E-state index >= 15 is 0 Å². The van der Waals surface area contributed by atoms with Crippen molar-refractivity contribution in [2.45, 2.75) is 19.3 Å². The van der Waals surface area contributed by atoms with Crippen molar-refractivity contribution in [1.82, 2.24) is 14.5 Å². The number of nitrogens with zero attached hydrogens (tertiary/aromatic N) is 3. The summed E-state index contributed by atoms with van der Waals surface area (Å²) in [6, 6.07) is 65.9. The summed E-state index contributed by atoms with van der Waals surface area (Å²) in [5.41, 5.74) is 13.4. The summed E-state index contributed by atoms with van der Waals surface area (Å²) >= 11 is 3.82. The number of aromatic nitrogens is 3. The van der Waals surface area contributed by atoms with Gasteiger partial charge < -0.3 is 4.57 Å². The molecule has 2 aromatic heterocycles. The fourth-order valence-corrected chi connectivity index (χ4v) is 10.1. The molecule has 0 bridgehead atoms. The summed E-state index contributed by atoms with van der Waals surface area (Å²) in [5, 5.41) is 10.3. The van der Waals surface area contributed by atoms with E-state index in [1.807, 2.05) is 12.1 Å². The van der Waals surface area contributed by atoms with Crippen molar-refractivity contribution in [3.8, 4) is 50.7 Å². The molecular formula is C55H36BrN3. The number of hydrogen-bond acceptors (Lipinski definition) is 2. The topological polar surface area (TPSA) is 30.7 Å². The highest BCUT2D eigenvalue weighted by Crippen LogP contribution is 2.53. The van der Waals surface area contributed by atoms with Crippen LogP contribution >= 0.6 is 15.9 Å². The molecule has 0 saturated carbocycles. The second-order valence-electron chi connectivity index (χ2n) is 16.3. The molecule has 0 unspecified atom stereocenters. The van der Waals surface area contributed by atoms with Gasteiger partial charge in [0.25, 0.3) is 0 Å². The van der Waals surface area contributed by atoms with Gasteiger partial charge in [0, 0.05) is 43.0 Å². The molecule has 1 aliphatic carbocycles. The lowest BCUT2D eigenvalue weighted by molar-refractivity contribution is 0.662. The van der Waals surface area contributed by atoms with Gasteiger partial charge in [0.05, 0.1) is 22.4 Å². The second-order valence-corrected chi connectivity index (χ2v) is 17.2. The van der Waals surface area contributed by atoms with Gasteiger partial charge in [0.15, 0.2) is 5.82 Å². The van der Waals surface area contributed by atoms with E-state index in [1.54, 1.807) is 0 Å². The van der Waals surface area contributed by atoms with Gasteiger partial charge >= 0.3 is 0 Å². The van der Waals surface area contributed by atoms with E-state index in [4.69, 9.17) is 9.97 Å². The van der Waals surface area contributed by atoms with E-state index in [0.29, 0.717) is 5.82 Å². The van der Waals surface area contributed by atoms with Crippen LogP contribution in [-0.2, 0) is 5.41 Å². The molecule has 11 aromatic rings. The maximum Gasteiger partial charge on any atom is 0.160 e. The SMILES string of the molecule is CC1(C)c2cc3c4ccccc4c4ccccc4c3cc2-c2cc3c(cc21)c1cc(Br)ccc1n3-c1cccc(-c2nc(-c3ccccc3)cc(-c3ccccc3)n2)c1. The van der Waals surface area contributed by atoms with E-state index in [0.717, 1.165) is 43.8 Å². The van der Waals surface area contributed by atoms with E-state index < -0.39 is 0 Å². The Morgan fingerprint density at radius 1 is 0.407 bits per heavy atom. The Hall–Kier alpha value is -6.88. The Balaban J connectivity index is 1.09. The van der Waals surface area contributed by atoms with Crippen molar-refractivity contribution in [2.75, 3.05) is 0 Å². The molecule has 0 saturated heterocycles. The van der Waals surface area contributed by atoms with Gasteiger partial charge in [-0.25, -0.2) is 9.97 Å². The van der Waals surface area contributed by atoms with Crippen molar-refractivity contribution in [1.29, 1.82) is 0 Å². The molecule has 2 heterocycles. The van der Waals surface area contributed by atoms with Gasteiger partial charge in [-0.15, -0.1) is 0 Å². The first-order chi connectivity index (χ1) is 28.9. The van der Waals surface area contributed by atoms with Gasteiger partial charge in [-0.1, -0.05) is 151 Å². The van der Waals surface area contributed by atoms with Crippen LogP contribution in [0, 0.1) is 0 Å². The van der Waals surface area contributed by atoms with Gasteiger partial charge in [0.1, 0.15) is 0 Å². The van der Waals surface area contributed by atoms with Crippen LogP contribution < -0.4 is 0 Å². The zero-order valence-corrected chi connectivity index (χ0v) is 34.1. The molecule has 0 atom stereocenters. The highest BCUT2D eigenvalue weighted by molar-refractivity contribution is 9.10. The summed E-state index contributed by atoms with van der Waals surface area (Å²) in [5.74, 6) is 0.693. The fraction of sp³-hybridized carbons (Fsp3) is 0.0545. The lowest BCUT2D eigenvalue weighted by atomic mass is 9.81. The molecule has 0 spiro atoms. The fourth-order valence-electron chi connectivity index (χ4n) is 9.77. The number of benzene rings is 9. The van der Waals surface area contributed by atoms with Crippen LogP contribution in [0.5, 0.6) is 0 Å². The van der Waals surface area contributed by atoms with Gasteiger partial charge in [0.2, 0.25) is 0 Å². The predicted octanol–water partition coefficient (Wildman–Crippen LogP) is 15.1. The quantitative estimate of drug-likeness (QED) is 0.166. The van der Waals surface area contributed by atoms with Gasteiger partial charge in [-0.05, 0) is 115 Å². The first-order valence-electron chi connectivity index (χ1n) is 20.2. The third-order valence-corrected chi connectivity index (χ3v) is 13.1. The second kappa shape index (κ2) is 12.8. The Labute approximate surface area is 350 Å². The minimum absolute atomic E-state index is 0.197. The monoisotopic (exact) mass is 817 g/mol. The Bertz CT molecular complexity index is 3470. The van der Waals surface area contributed by atoms with Crippen LogP contribution in [-0.4, -0.2) is 14.5 Å². The molecule has 9 aromatic carbocycles. The third-order valence-electron chi connectivity index (χ3n) is 12.6. The zero-order valence-electron chi connectivity index (χ0n) is 32.5. The van der Waals surface area contributed by atoms with Crippen molar-refractivity contribution in [3.05, 3.63) is 198 Å². The molecule has 0 aliphatic heterocycles. The summed E-state index contributed by atoms with van der Waals surface area (Å²) in [6.45, 7) is 4.79. The van der Waals surface area contributed by atoms with Crippen LogP contribution in [0.2, 0.25) is 0 Å². The molecule has 12 rings (SSSR count). The molecular weight excluding hydrogens is 783 g/mol. The first-order valence-corrected chi connectivity index (χ1v) is 21.0. The van der Waals surface area contributed by atoms with Gasteiger partial charge in [-0.2, -0.15) is 0 Å². The largest absolute Gasteiger partial charge is 0.309 e. The number of fused-ring (bicyclic) bond motifs is 12. The van der Waals surface area contributed by atoms with Crippen molar-refractivity contribution in [3.63, 3.8) is 0 Å². The number of rotatable bonds is 4. The molecule has 0 radical (unpaired) electrons. The molecule has 0 N–H and O–H groups in total. The van der Waals surface area contributed by atoms with Crippen LogP contribution in [0.3, 0.4) is 0 Å². The third kappa shape index (κ3) is 5.19. The summed E-state index contributed by atoms with van der Waals surface area (Å²) < 4.78 is 3.49.